The topological polar surface area (TPSA) is 158 Å². The van der Waals surface area contributed by atoms with Gasteiger partial charge in [0.1, 0.15) is 24.1 Å². The molecule has 0 radical (unpaired) electrons. The lowest BCUT2D eigenvalue weighted by atomic mass is 10.2. The van der Waals surface area contributed by atoms with E-state index in [9.17, 15) is 24.1 Å². The van der Waals surface area contributed by atoms with Crippen molar-refractivity contribution in [2.45, 2.75) is 57.8 Å². The number of nitrogens with one attached hydrogen (secondary N) is 2. The zero-order chi connectivity index (χ0) is 27.2. The van der Waals surface area contributed by atoms with Gasteiger partial charge in [-0.1, -0.05) is 34.1 Å². The van der Waals surface area contributed by atoms with Gasteiger partial charge in [0.25, 0.3) is 5.56 Å². The first kappa shape index (κ1) is 29.0. The number of hydrogen-bond acceptors (Lipinski definition) is 9. The molecular weight excluding hydrogens is 573 g/mol. The van der Waals surface area contributed by atoms with Crippen LogP contribution in [0.25, 0.3) is 6.08 Å². The van der Waals surface area contributed by atoms with Gasteiger partial charge in [-0.05, 0) is 44.0 Å². The Balaban J connectivity index is 1.75. The number of esters is 1. The van der Waals surface area contributed by atoms with Crippen LogP contribution >= 0.6 is 23.7 Å². The van der Waals surface area contributed by atoms with E-state index in [0.717, 1.165) is 4.57 Å². The number of benzene rings is 1. The smallest absolute Gasteiger partial charge is 0.459 e. The number of hydrogen-bond donors (Lipinski definition) is 3. The molecule has 2 aromatic rings. The normalized spacial score (nSPS) is 22.2. The molecule has 0 spiro atoms. The molecule has 0 bridgehead atoms. The largest absolute Gasteiger partial charge is 0.462 e. The number of aliphatic hydroxyl groups excluding tert-OH is 1. The van der Waals surface area contributed by atoms with E-state index in [-0.39, 0.29) is 23.8 Å². The van der Waals surface area contributed by atoms with Gasteiger partial charge in [-0.15, -0.1) is 0 Å². The number of aromatic amines is 1. The number of carbonyl (C=O) groups is 1. The molecule has 3 rings (SSSR count). The average Bonchev–Trinajstić information content (AvgIpc) is 3.20. The van der Waals surface area contributed by atoms with Gasteiger partial charge in [-0.25, -0.2) is 9.36 Å². The minimum atomic E-state index is -4.17. The number of carbonyl (C=O) groups excluding carboxylic acids is 1. The van der Waals surface area contributed by atoms with Crippen molar-refractivity contribution in [3.8, 4) is 5.75 Å². The third-order valence-electron chi connectivity index (χ3n) is 5.19. The third-order valence-corrected chi connectivity index (χ3v) is 7.10. The Kier molecular flexibility index (Phi) is 10.0. The summed E-state index contributed by atoms with van der Waals surface area (Å²) >= 11 is 3.08. The van der Waals surface area contributed by atoms with Crippen LogP contribution in [-0.2, 0) is 23.4 Å². The minimum Gasteiger partial charge on any atom is -0.462 e. The number of H-pyrrole nitrogens is 1. The summed E-state index contributed by atoms with van der Waals surface area (Å²) in [6.07, 6.45) is -0.613. The van der Waals surface area contributed by atoms with E-state index in [0.29, 0.717) is 0 Å². The van der Waals surface area contributed by atoms with E-state index < -0.39 is 56.0 Å². The van der Waals surface area contributed by atoms with Crippen molar-refractivity contribution in [1.82, 2.24) is 14.6 Å². The highest BCUT2D eigenvalue weighted by molar-refractivity contribution is 9.11. The molecule has 2 heterocycles. The van der Waals surface area contributed by atoms with E-state index in [1.807, 2.05) is 0 Å². The summed E-state index contributed by atoms with van der Waals surface area (Å²) in [6, 6.07) is 7.17. The maximum absolute atomic E-state index is 13.6. The Morgan fingerprint density at radius 1 is 1.32 bits per heavy atom. The van der Waals surface area contributed by atoms with Crippen molar-refractivity contribution in [3.63, 3.8) is 0 Å². The molecule has 1 aliphatic rings. The summed E-state index contributed by atoms with van der Waals surface area (Å²) in [5.41, 5.74) is -1.10. The van der Waals surface area contributed by atoms with E-state index >= 15 is 0 Å². The lowest BCUT2D eigenvalue weighted by Gasteiger charge is -2.25. The van der Waals surface area contributed by atoms with E-state index in [1.54, 1.807) is 44.2 Å². The fourth-order valence-electron chi connectivity index (χ4n) is 3.44. The molecule has 37 heavy (non-hydrogen) atoms. The van der Waals surface area contributed by atoms with Crippen molar-refractivity contribution >= 4 is 35.7 Å². The van der Waals surface area contributed by atoms with Crippen molar-refractivity contribution in [2.75, 3.05) is 6.61 Å². The Bertz CT molecular complexity index is 1260. The summed E-state index contributed by atoms with van der Waals surface area (Å²) in [4.78, 5) is 40.2. The van der Waals surface area contributed by atoms with E-state index in [1.165, 1.54) is 24.2 Å². The molecule has 12 nitrogen and oxygen atoms in total. The predicted molar refractivity (Wildman–Crippen MR) is 138 cm³/mol. The van der Waals surface area contributed by atoms with Gasteiger partial charge in [0.15, 0.2) is 0 Å². The number of rotatable bonds is 11. The summed E-state index contributed by atoms with van der Waals surface area (Å²) in [7, 11) is -4.17. The van der Waals surface area contributed by atoms with Crippen LogP contribution in [0.4, 0.5) is 0 Å². The number of halogens is 1. The van der Waals surface area contributed by atoms with Crippen LogP contribution in [0, 0.1) is 0 Å². The first-order valence-electron chi connectivity index (χ1n) is 11.4. The van der Waals surface area contributed by atoms with Crippen LogP contribution in [-0.4, -0.2) is 51.6 Å². The fourth-order valence-corrected chi connectivity index (χ4v) is 5.23. The van der Waals surface area contributed by atoms with Crippen LogP contribution in [0.5, 0.6) is 5.75 Å². The summed E-state index contributed by atoms with van der Waals surface area (Å²) in [5, 5.41) is 13.1. The van der Waals surface area contributed by atoms with Gasteiger partial charge in [-0.2, -0.15) is 5.09 Å². The van der Waals surface area contributed by atoms with Gasteiger partial charge >= 0.3 is 19.4 Å². The highest BCUT2D eigenvalue weighted by atomic mass is 79.9. The molecule has 5 atom stereocenters. The lowest BCUT2D eigenvalue weighted by Crippen LogP contribution is -2.37. The molecule has 1 aliphatic heterocycles. The van der Waals surface area contributed by atoms with E-state index in [4.69, 9.17) is 18.5 Å². The summed E-state index contributed by atoms with van der Waals surface area (Å²) in [5.74, 6) is -0.431. The van der Waals surface area contributed by atoms with Crippen molar-refractivity contribution in [3.05, 3.63) is 67.9 Å². The molecule has 0 amide bonds. The number of aromatic nitrogens is 2. The molecule has 202 valence electrons. The molecule has 4 unspecified atom stereocenters. The van der Waals surface area contributed by atoms with E-state index in [2.05, 4.69) is 26.0 Å². The second-order valence-electron chi connectivity index (χ2n) is 8.51. The molecule has 14 heteroatoms. The number of ether oxygens (including phenoxy) is 2. The van der Waals surface area contributed by atoms with Gasteiger partial charge in [0, 0.05) is 12.6 Å². The molecule has 1 saturated heterocycles. The monoisotopic (exact) mass is 601 g/mol. The summed E-state index contributed by atoms with van der Waals surface area (Å²) in [6.45, 7) is 4.42. The fraction of sp³-hybridized carbons (Fsp3) is 0.435. The summed E-state index contributed by atoms with van der Waals surface area (Å²) < 4.78 is 36.9. The van der Waals surface area contributed by atoms with Crippen LogP contribution in [0.3, 0.4) is 0 Å². The number of aliphatic hydroxyl groups is 1. The van der Waals surface area contributed by atoms with Gasteiger partial charge < -0.3 is 19.1 Å². The van der Waals surface area contributed by atoms with Crippen LogP contribution in [0.15, 0.2) is 51.1 Å². The number of para-hydroxylation sites is 1. The second-order valence-corrected chi connectivity index (χ2v) is 10.7. The highest BCUT2D eigenvalue weighted by Crippen LogP contribution is 2.46. The molecule has 1 fully saturated rings. The quantitative estimate of drug-likeness (QED) is 0.258. The third kappa shape index (κ3) is 7.97. The number of nitrogens with zero attached hydrogens (tertiary/aromatic N) is 1. The average molecular weight is 602 g/mol. The molecule has 0 saturated carbocycles. The molecule has 1 aromatic heterocycles. The van der Waals surface area contributed by atoms with Crippen molar-refractivity contribution < 1.29 is 33.0 Å². The first-order chi connectivity index (χ1) is 17.5. The Morgan fingerprint density at radius 3 is 2.68 bits per heavy atom. The molecule has 3 N–H and O–H groups in total. The van der Waals surface area contributed by atoms with Gasteiger partial charge in [0.05, 0.1) is 24.4 Å². The minimum absolute atomic E-state index is 0.00579. The van der Waals surface area contributed by atoms with Crippen molar-refractivity contribution in [2.24, 2.45) is 0 Å². The zero-order valence-electron chi connectivity index (χ0n) is 20.4. The Hall–Kier alpha value is -2.54. The molecule has 0 aliphatic carbocycles. The highest BCUT2D eigenvalue weighted by Gasteiger charge is 2.39. The standard InChI is InChI=1S/C23H29BrN3O9P/c1-14(2)34-22(30)15(3)26-37(32,36-17-7-5-4-6-8-17)33-13-19-18(28)11-20(35-19)27-12-16(9-10-24)21(29)25-23(27)31/h4-10,12,14-15,18-20,28H,11,13H2,1-3H3,(H,26,32)(H,25,29,31)/b10-9+/t15-,18?,19?,20?,37?/m0/s1. The van der Waals surface area contributed by atoms with Crippen LogP contribution < -0.4 is 20.9 Å². The zero-order valence-corrected chi connectivity index (χ0v) is 22.9. The van der Waals surface area contributed by atoms with Crippen LogP contribution in [0.1, 0.15) is 39.0 Å². The Labute approximate surface area is 221 Å². The maximum atomic E-state index is 13.6. The lowest BCUT2D eigenvalue weighted by molar-refractivity contribution is -0.149. The predicted octanol–water partition coefficient (Wildman–Crippen LogP) is 2.68. The molecule has 1 aromatic carbocycles. The Morgan fingerprint density at radius 2 is 2.03 bits per heavy atom. The van der Waals surface area contributed by atoms with Crippen molar-refractivity contribution in [1.29, 1.82) is 0 Å². The SMILES string of the molecule is CC(C)OC(=O)[C@H](C)NP(=O)(OCC1OC(n2cc(/C=C/Br)c(=O)[nH]c2=O)CC1O)Oc1ccccc1. The second kappa shape index (κ2) is 12.8. The molecular formula is C23H29BrN3O9P. The van der Waals surface area contributed by atoms with Crippen LogP contribution in [0.2, 0.25) is 0 Å². The van der Waals surface area contributed by atoms with Gasteiger partial charge in [-0.3, -0.25) is 23.7 Å². The van der Waals surface area contributed by atoms with Gasteiger partial charge in [0.2, 0.25) is 0 Å². The first-order valence-corrected chi connectivity index (χ1v) is 13.9. The maximum Gasteiger partial charge on any atom is 0.459 e.